The number of H-pyrrole nitrogens is 1. The number of thiocarbonyl (C=S) groups is 1. The Morgan fingerprint density at radius 3 is 2.65 bits per heavy atom. The molecule has 4 nitrogen and oxygen atoms in total. The van der Waals surface area contributed by atoms with Crippen LogP contribution in [0.2, 0.25) is 0 Å². The molecule has 0 radical (unpaired) electrons. The summed E-state index contributed by atoms with van der Waals surface area (Å²) >= 11 is 5.21. The minimum Gasteiger partial charge on any atom is -0.392 e. The first-order valence-electron chi connectivity index (χ1n) is 6.11. The molecule has 2 rings (SSSR count). The van der Waals surface area contributed by atoms with Crippen LogP contribution in [0.5, 0.6) is 0 Å². The van der Waals surface area contributed by atoms with Crippen LogP contribution in [-0.2, 0) is 0 Å². The Morgan fingerprint density at radius 2 is 2.18 bits per heavy atom. The van der Waals surface area contributed by atoms with Gasteiger partial charge in [-0.15, -0.1) is 0 Å². The van der Waals surface area contributed by atoms with Crippen molar-refractivity contribution in [2.75, 3.05) is 32.7 Å². The molecule has 1 aromatic heterocycles. The number of rotatable bonds is 4. The van der Waals surface area contributed by atoms with E-state index in [4.69, 9.17) is 18.0 Å². The third-order valence-corrected chi connectivity index (χ3v) is 3.63. The smallest absolute Gasteiger partial charge is 0.101 e. The lowest BCUT2D eigenvalue weighted by molar-refractivity contribution is 0.121. The molecule has 2 heterocycles. The van der Waals surface area contributed by atoms with Crippen LogP contribution in [0.25, 0.3) is 0 Å². The molecule has 1 saturated heterocycles. The second-order valence-corrected chi connectivity index (χ2v) is 4.87. The summed E-state index contributed by atoms with van der Waals surface area (Å²) in [6.07, 6.45) is 1.92. The highest BCUT2D eigenvalue weighted by Gasteiger charge is 2.26. The van der Waals surface area contributed by atoms with Crippen molar-refractivity contribution >= 4 is 17.2 Å². The molecule has 1 aliphatic rings. The maximum absolute atomic E-state index is 5.88. The molecule has 5 heteroatoms. The topological polar surface area (TPSA) is 48.3 Å². The number of hydrogen-bond donors (Lipinski definition) is 2. The quantitative estimate of drug-likeness (QED) is 0.784. The standard InChI is InChI=1S/C12H20N4S/c1-2-15-6-8-16(9-7-15)11(12(13)17)10-4-3-5-14-10/h3-5,11,14H,2,6-9H2,1H3,(H2,13,17). The van der Waals surface area contributed by atoms with Gasteiger partial charge >= 0.3 is 0 Å². The van der Waals surface area contributed by atoms with Gasteiger partial charge in [0.05, 0.1) is 4.99 Å². The normalized spacial score (nSPS) is 20.3. The first-order chi connectivity index (χ1) is 8.22. The van der Waals surface area contributed by atoms with Crippen molar-refractivity contribution in [3.05, 3.63) is 24.0 Å². The molecule has 3 N–H and O–H groups in total. The molecule has 1 fully saturated rings. The van der Waals surface area contributed by atoms with Crippen LogP contribution in [0, 0.1) is 0 Å². The van der Waals surface area contributed by atoms with Gasteiger partial charge in [-0.05, 0) is 18.7 Å². The Kier molecular flexibility index (Phi) is 4.15. The molecular formula is C12H20N4S. The highest BCUT2D eigenvalue weighted by atomic mass is 32.1. The highest BCUT2D eigenvalue weighted by molar-refractivity contribution is 7.80. The molecule has 1 aromatic rings. The molecule has 0 aromatic carbocycles. The van der Waals surface area contributed by atoms with E-state index < -0.39 is 0 Å². The van der Waals surface area contributed by atoms with E-state index in [1.54, 1.807) is 0 Å². The minimum atomic E-state index is 0.0546. The number of nitrogens with one attached hydrogen (secondary N) is 1. The van der Waals surface area contributed by atoms with E-state index in [9.17, 15) is 0 Å². The molecule has 0 saturated carbocycles. The van der Waals surface area contributed by atoms with Gasteiger partial charge in [0.25, 0.3) is 0 Å². The fourth-order valence-corrected chi connectivity index (χ4v) is 2.66. The van der Waals surface area contributed by atoms with Crippen molar-refractivity contribution in [1.29, 1.82) is 0 Å². The van der Waals surface area contributed by atoms with Gasteiger partial charge in [-0.3, -0.25) is 4.90 Å². The van der Waals surface area contributed by atoms with Crippen LogP contribution >= 0.6 is 12.2 Å². The Bertz CT molecular complexity index is 355. The third kappa shape index (κ3) is 2.86. The summed E-state index contributed by atoms with van der Waals surface area (Å²) in [5, 5.41) is 0. The predicted octanol–water partition coefficient (Wildman–Crippen LogP) is 0.979. The van der Waals surface area contributed by atoms with Gasteiger partial charge in [0, 0.05) is 38.1 Å². The van der Waals surface area contributed by atoms with Crippen LogP contribution in [0.4, 0.5) is 0 Å². The summed E-state index contributed by atoms with van der Waals surface area (Å²) < 4.78 is 0. The number of likely N-dealkylation sites (N-methyl/N-ethyl adjacent to an activating group) is 1. The van der Waals surface area contributed by atoms with Gasteiger partial charge in [-0.2, -0.15) is 0 Å². The van der Waals surface area contributed by atoms with Crippen molar-refractivity contribution in [1.82, 2.24) is 14.8 Å². The fourth-order valence-electron chi connectivity index (χ4n) is 2.38. The average molecular weight is 252 g/mol. The number of nitrogens with zero attached hydrogens (tertiary/aromatic N) is 2. The van der Waals surface area contributed by atoms with Crippen molar-refractivity contribution in [2.45, 2.75) is 13.0 Å². The molecule has 1 unspecified atom stereocenters. The van der Waals surface area contributed by atoms with Gasteiger partial charge in [0.1, 0.15) is 6.04 Å². The SMILES string of the molecule is CCN1CCN(C(C(N)=S)c2ccc[nH]2)CC1. The minimum absolute atomic E-state index is 0.0546. The van der Waals surface area contributed by atoms with Crippen molar-refractivity contribution in [3.8, 4) is 0 Å². The Labute approximate surface area is 108 Å². The van der Waals surface area contributed by atoms with Crippen molar-refractivity contribution in [2.24, 2.45) is 5.73 Å². The lowest BCUT2D eigenvalue weighted by Crippen LogP contribution is -2.49. The summed E-state index contributed by atoms with van der Waals surface area (Å²) in [4.78, 5) is 8.58. The molecule has 0 spiro atoms. The van der Waals surface area contributed by atoms with Crippen molar-refractivity contribution in [3.63, 3.8) is 0 Å². The maximum atomic E-state index is 5.88. The zero-order valence-electron chi connectivity index (χ0n) is 10.2. The van der Waals surface area contributed by atoms with Gasteiger partial charge in [0.2, 0.25) is 0 Å². The molecule has 1 aliphatic heterocycles. The first kappa shape index (κ1) is 12.5. The molecule has 94 valence electrons. The predicted molar refractivity (Wildman–Crippen MR) is 74.0 cm³/mol. The van der Waals surface area contributed by atoms with E-state index in [1.165, 1.54) is 0 Å². The van der Waals surface area contributed by atoms with Crippen LogP contribution in [0.1, 0.15) is 18.7 Å². The van der Waals surface area contributed by atoms with E-state index in [0.717, 1.165) is 38.4 Å². The number of piperazine rings is 1. The lowest BCUT2D eigenvalue weighted by atomic mass is 10.1. The van der Waals surface area contributed by atoms with E-state index in [2.05, 4.69) is 27.8 Å². The van der Waals surface area contributed by atoms with E-state index >= 15 is 0 Å². The summed E-state index contributed by atoms with van der Waals surface area (Å²) in [6, 6.07) is 4.10. The molecule has 0 aliphatic carbocycles. The zero-order chi connectivity index (χ0) is 12.3. The van der Waals surface area contributed by atoms with Crippen LogP contribution < -0.4 is 5.73 Å². The number of hydrogen-bond acceptors (Lipinski definition) is 3. The first-order valence-corrected chi connectivity index (χ1v) is 6.52. The monoisotopic (exact) mass is 252 g/mol. The zero-order valence-corrected chi connectivity index (χ0v) is 11.0. The largest absolute Gasteiger partial charge is 0.392 e. The van der Waals surface area contributed by atoms with Gasteiger partial charge < -0.3 is 15.6 Å². The van der Waals surface area contributed by atoms with Gasteiger partial charge in [-0.1, -0.05) is 19.1 Å². The van der Waals surface area contributed by atoms with Gasteiger partial charge in [-0.25, -0.2) is 0 Å². The number of aromatic amines is 1. The number of aromatic nitrogens is 1. The highest BCUT2D eigenvalue weighted by Crippen LogP contribution is 2.21. The summed E-state index contributed by atoms with van der Waals surface area (Å²) in [5.74, 6) is 0. The van der Waals surface area contributed by atoms with Crippen molar-refractivity contribution < 1.29 is 0 Å². The van der Waals surface area contributed by atoms with Crippen LogP contribution in [-0.4, -0.2) is 52.5 Å². The van der Waals surface area contributed by atoms with E-state index in [0.29, 0.717) is 4.99 Å². The van der Waals surface area contributed by atoms with E-state index in [-0.39, 0.29) is 6.04 Å². The van der Waals surface area contributed by atoms with Gasteiger partial charge in [0.15, 0.2) is 0 Å². The summed E-state index contributed by atoms with van der Waals surface area (Å²) in [7, 11) is 0. The maximum Gasteiger partial charge on any atom is 0.101 e. The summed E-state index contributed by atoms with van der Waals surface area (Å²) in [5.41, 5.74) is 6.98. The second-order valence-electron chi connectivity index (χ2n) is 4.40. The second kappa shape index (κ2) is 5.62. The molecular weight excluding hydrogens is 232 g/mol. The molecule has 17 heavy (non-hydrogen) atoms. The van der Waals surface area contributed by atoms with Crippen LogP contribution in [0.3, 0.4) is 0 Å². The number of nitrogens with two attached hydrogens (primary N) is 1. The third-order valence-electron chi connectivity index (χ3n) is 3.41. The molecule has 1 atom stereocenters. The lowest BCUT2D eigenvalue weighted by Gasteiger charge is -2.38. The Balaban J connectivity index is 2.06. The molecule has 0 amide bonds. The average Bonchev–Trinajstić information content (AvgIpc) is 2.83. The fraction of sp³-hybridized carbons (Fsp3) is 0.583. The summed E-state index contributed by atoms with van der Waals surface area (Å²) in [6.45, 7) is 7.55. The van der Waals surface area contributed by atoms with E-state index in [1.807, 2.05) is 12.3 Å². The van der Waals surface area contributed by atoms with Crippen LogP contribution in [0.15, 0.2) is 18.3 Å². The Morgan fingerprint density at radius 1 is 1.47 bits per heavy atom. The molecule has 0 bridgehead atoms. The Hall–Kier alpha value is -0.910.